The van der Waals surface area contributed by atoms with Crippen LogP contribution < -0.4 is 0 Å². The van der Waals surface area contributed by atoms with E-state index < -0.39 is 0 Å². The number of hydrogen-bond donors (Lipinski definition) is 0. The van der Waals surface area contributed by atoms with Gasteiger partial charge in [-0.2, -0.15) is 0 Å². The minimum absolute atomic E-state index is 0. The summed E-state index contributed by atoms with van der Waals surface area (Å²) >= 11 is 0. The van der Waals surface area contributed by atoms with E-state index >= 15 is 0 Å². The Morgan fingerprint density at radius 1 is 1.19 bits per heavy atom. The number of fused-ring (bicyclic) bond motifs is 1. The van der Waals surface area contributed by atoms with E-state index in [1.165, 1.54) is 0 Å². The molecule has 83 valence electrons. The van der Waals surface area contributed by atoms with Gasteiger partial charge >= 0.3 is 0 Å². The smallest absolute Gasteiger partial charge is 0.131 e. The number of ether oxygens (including phenoxy) is 1. The summed E-state index contributed by atoms with van der Waals surface area (Å²) in [6.07, 6.45) is 8.16. The number of rotatable bonds is 1. The third-order valence-corrected chi connectivity index (χ3v) is 2.51. The minimum atomic E-state index is 0. The zero-order valence-electron chi connectivity index (χ0n) is 8.46. The molecule has 0 saturated heterocycles. The molecule has 0 N–H and O–H groups in total. The summed E-state index contributed by atoms with van der Waals surface area (Å²) in [7, 11) is 0. The number of benzene rings is 1. The molecule has 2 nitrogen and oxygen atoms in total. The Kier molecular flexibility index (Phi) is 3.37. The van der Waals surface area contributed by atoms with Crippen molar-refractivity contribution < 1.29 is 24.8 Å². The Hall–Kier alpha value is -1.18. The van der Waals surface area contributed by atoms with Gasteiger partial charge in [0.1, 0.15) is 18.0 Å². The van der Waals surface area contributed by atoms with E-state index in [2.05, 4.69) is 17.1 Å². The van der Waals surface area contributed by atoms with Crippen molar-refractivity contribution in [2.24, 2.45) is 4.99 Å². The maximum Gasteiger partial charge on any atom is 0.131 e. The van der Waals surface area contributed by atoms with Crippen LogP contribution in [0.25, 0.3) is 0 Å². The monoisotopic (exact) mass is 389 g/mol. The first-order valence-electron chi connectivity index (χ1n) is 5.00. The van der Waals surface area contributed by atoms with E-state index in [9.17, 15) is 0 Å². The second-order valence-electron chi connectivity index (χ2n) is 3.55. The van der Waals surface area contributed by atoms with Gasteiger partial charge in [0.25, 0.3) is 0 Å². The molecule has 16 heavy (non-hydrogen) atoms. The van der Waals surface area contributed by atoms with Gasteiger partial charge in [-0.3, -0.25) is 4.99 Å². The molecule has 1 aliphatic heterocycles. The van der Waals surface area contributed by atoms with Gasteiger partial charge in [-0.25, -0.2) is 0 Å². The molecule has 0 amide bonds. The van der Waals surface area contributed by atoms with Gasteiger partial charge in [-0.05, 0) is 6.08 Å². The van der Waals surface area contributed by atoms with Gasteiger partial charge in [-0.15, -0.1) is 30.3 Å². The molecule has 2 unspecified atom stereocenters. The van der Waals surface area contributed by atoms with Gasteiger partial charge < -0.3 is 4.74 Å². The van der Waals surface area contributed by atoms with Crippen molar-refractivity contribution in [1.29, 1.82) is 0 Å². The Balaban J connectivity index is 0.000000963. The Bertz CT molecular complexity index is 450. The SMILES string of the molecule is [Ir].[c-]1ccccc1C1=NC2C=CC=CC2O1. The third-order valence-electron chi connectivity index (χ3n) is 2.51. The van der Waals surface area contributed by atoms with Gasteiger partial charge in [0, 0.05) is 20.1 Å². The molecule has 0 saturated carbocycles. The van der Waals surface area contributed by atoms with Gasteiger partial charge in [0.05, 0.1) is 0 Å². The van der Waals surface area contributed by atoms with Crippen molar-refractivity contribution >= 4 is 5.90 Å². The molecule has 1 heterocycles. The van der Waals surface area contributed by atoms with Crippen LogP contribution in [0.2, 0.25) is 0 Å². The van der Waals surface area contributed by atoms with Gasteiger partial charge in [0.2, 0.25) is 0 Å². The standard InChI is InChI=1S/C13H10NO.Ir/c1-2-6-10(7-3-1)13-14-11-8-4-5-9-12(11)15-13;/h1-6,8-9,11-12H;/q-1;. The van der Waals surface area contributed by atoms with E-state index in [-0.39, 0.29) is 32.3 Å². The molecule has 3 heteroatoms. The van der Waals surface area contributed by atoms with Crippen LogP contribution in [0.5, 0.6) is 0 Å². The van der Waals surface area contributed by atoms with Crippen LogP contribution >= 0.6 is 0 Å². The van der Waals surface area contributed by atoms with Crippen LogP contribution in [0.1, 0.15) is 5.56 Å². The molecule has 1 aliphatic carbocycles. The minimum Gasteiger partial charge on any atom is -0.510 e. The molecule has 1 radical (unpaired) electrons. The van der Waals surface area contributed by atoms with Gasteiger partial charge in [0.15, 0.2) is 0 Å². The fourth-order valence-corrected chi connectivity index (χ4v) is 1.75. The van der Waals surface area contributed by atoms with E-state index in [1.54, 1.807) is 0 Å². The van der Waals surface area contributed by atoms with Crippen molar-refractivity contribution in [3.8, 4) is 0 Å². The number of hydrogen-bond acceptors (Lipinski definition) is 2. The summed E-state index contributed by atoms with van der Waals surface area (Å²) in [5.74, 6) is 0.696. The Morgan fingerprint density at radius 2 is 2.06 bits per heavy atom. The largest absolute Gasteiger partial charge is 0.510 e. The van der Waals surface area contributed by atoms with Crippen molar-refractivity contribution in [3.05, 3.63) is 60.2 Å². The number of allylic oxidation sites excluding steroid dienone is 2. The maximum absolute atomic E-state index is 5.73. The summed E-state index contributed by atoms with van der Waals surface area (Å²) in [5, 5.41) is 0. The zero-order valence-corrected chi connectivity index (χ0v) is 10.9. The normalized spacial score (nSPS) is 25.4. The summed E-state index contributed by atoms with van der Waals surface area (Å²) in [5.41, 5.74) is 0.925. The van der Waals surface area contributed by atoms with E-state index in [0.717, 1.165) is 5.56 Å². The molecular formula is C13H10IrNO-. The average Bonchev–Trinajstić information content (AvgIpc) is 2.74. The first kappa shape index (κ1) is 11.3. The van der Waals surface area contributed by atoms with E-state index in [1.807, 2.05) is 42.5 Å². The van der Waals surface area contributed by atoms with E-state index in [0.29, 0.717) is 5.90 Å². The maximum atomic E-state index is 5.73. The molecule has 0 bridgehead atoms. The molecule has 2 aliphatic rings. The summed E-state index contributed by atoms with van der Waals surface area (Å²) in [6, 6.07) is 11.0. The first-order chi connectivity index (χ1) is 7.43. The van der Waals surface area contributed by atoms with Crippen LogP contribution in [0.3, 0.4) is 0 Å². The summed E-state index contributed by atoms with van der Waals surface area (Å²) in [6.45, 7) is 0. The third kappa shape index (κ3) is 2.01. The van der Waals surface area contributed by atoms with Crippen LogP contribution in [0, 0.1) is 6.07 Å². The molecule has 0 spiro atoms. The van der Waals surface area contributed by atoms with Crippen molar-refractivity contribution in [2.75, 3.05) is 0 Å². The van der Waals surface area contributed by atoms with Crippen molar-refractivity contribution in [1.82, 2.24) is 0 Å². The average molecular weight is 388 g/mol. The predicted molar refractivity (Wildman–Crippen MR) is 58.8 cm³/mol. The first-order valence-corrected chi connectivity index (χ1v) is 5.00. The van der Waals surface area contributed by atoms with E-state index in [4.69, 9.17) is 4.74 Å². The molecule has 1 aromatic carbocycles. The quantitative estimate of drug-likeness (QED) is 0.676. The Morgan fingerprint density at radius 3 is 2.81 bits per heavy atom. The Labute approximate surface area is 108 Å². The molecule has 3 rings (SSSR count). The molecule has 1 aromatic rings. The van der Waals surface area contributed by atoms with Crippen LogP contribution in [-0.2, 0) is 24.8 Å². The fourth-order valence-electron chi connectivity index (χ4n) is 1.75. The molecule has 0 aromatic heterocycles. The van der Waals surface area contributed by atoms with Crippen molar-refractivity contribution in [2.45, 2.75) is 12.1 Å². The van der Waals surface area contributed by atoms with Crippen LogP contribution in [0.15, 0.2) is 53.6 Å². The second kappa shape index (κ2) is 4.77. The molecule has 0 fully saturated rings. The van der Waals surface area contributed by atoms with Crippen LogP contribution in [0.4, 0.5) is 0 Å². The molecular weight excluding hydrogens is 378 g/mol. The zero-order chi connectivity index (χ0) is 10.1. The molecule has 2 atom stereocenters. The number of nitrogens with zero attached hydrogens (tertiary/aromatic N) is 1. The topological polar surface area (TPSA) is 21.6 Å². The predicted octanol–water partition coefficient (Wildman–Crippen LogP) is 2.12. The van der Waals surface area contributed by atoms with Gasteiger partial charge in [-0.1, -0.05) is 23.8 Å². The van der Waals surface area contributed by atoms with Crippen molar-refractivity contribution in [3.63, 3.8) is 0 Å². The summed E-state index contributed by atoms with van der Waals surface area (Å²) < 4.78 is 5.73. The fraction of sp³-hybridized carbons (Fsp3) is 0.154. The van der Waals surface area contributed by atoms with Crippen LogP contribution in [-0.4, -0.2) is 18.0 Å². The summed E-state index contributed by atoms with van der Waals surface area (Å²) in [4.78, 5) is 4.51. The second-order valence-corrected chi connectivity index (χ2v) is 3.55. The number of aliphatic imine (C=N–C) groups is 1.